The molecular weight excluding hydrogens is 283 g/mol. The summed E-state index contributed by atoms with van der Waals surface area (Å²) >= 11 is 11.9. The molecule has 2 aromatic rings. The van der Waals surface area contributed by atoms with Gasteiger partial charge < -0.3 is 9.84 Å². The average Bonchev–Trinajstić information content (AvgIpc) is 2.38. The maximum absolute atomic E-state index is 10.3. The van der Waals surface area contributed by atoms with E-state index < -0.39 is 6.10 Å². The van der Waals surface area contributed by atoms with Crippen molar-refractivity contribution in [2.45, 2.75) is 12.5 Å². The van der Waals surface area contributed by atoms with Crippen LogP contribution in [0.15, 0.2) is 42.5 Å². The third-order valence-electron chi connectivity index (χ3n) is 2.88. The number of aliphatic hydroxyl groups excluding tert-OH is 1. The SMILES string of the molecule is COc1ccccc1CC(O)c1cc(Cl)cc(Cl)c1. The molecule has 0 aliphatic carbocycles. The minimum absolute atomic E-state index is 0.445. The van der Waals surface area contributed by atoms with E-state index >= 15 is 0 Å². The van der Waals surface area contributed by atoms with Crippen molar-refractivity contribution in [1.82, 2.24) is 0 Å². The van der Waals surface area contributed by atoms with Gasteiger partial charge in [-0.05, 0) is 35.4 Å². The van der Waals surface area contributed by atoms with Crippen LogP contribution in [0.1, 0.15) is 17.2 Å². The summed E-state index contributed by atoms with van der Waals surface area (Å²) in [6.07, 6.45) is -0.228. The Labute approximate surface area is 122 Å². The van der Waals surface area contributed by atoms with Crippen LogP contribution in [0, 0.1) is 0 Å². The molecular formula is C15H14Cl2O2. The highest BCUT2D eigenvalue weighted by molar-refractivity contribution is 6.34. The van der Waals surface area contributed by atoms with E-state index in [9.17, 15) is 5.11 Å². The average molecular weight is 297 g/mol. The highest BCUT2D eigenvalue weighted by Crippen LogP contribution is 2.28. The Balaban J connectivity index is 2.22. The van der Waals surface area contributed by atoms with Crippen LogP contribution in [0.5, 0.6) is 5.75 Å². The van der Waals surface area contributed by atoms with Gasteiger partial charge in [0.1, 0.15) is 5.75 Å². The standard InChI is InChI=1S/C15H14Cl2O2/c1-19-15-5-3-2-4-10(15)8-14(18)11-6-12(16)9-13(17)7-11/h2-7,9,14,18H,8H2,1H3. The maximum atomic E-state index is 10.3. The van der Waals surface area contributed by atoms with Crippen LogP contribution in [0.3, 0.4) is 0 Å². The van der Waals surface area contributed by atoms with E-state index in [1.165, 1.54) is 0 Å². The van der Waals surface area contributed by atoms with E-state index in [0.29, 0.717) is 22.0 Å². The van der Waals surface area contributed by atoms with Crippen LogP contribution >= 0.6 is 23.2 Å². The molecule has 0 aliphatic heterocycles. The Kier molecular flexibility index (Phi) is 4.70. The number of methoxy groups -OCH3 is 1. The second-order valence-electron chi connectivity index (χ2n) is 4.23. The first-order valence-corrected chi connectivity index (χ1v) is 6.61. The summed E-state index contributed by atoms with van der Waals surface area (Å²) in [5.41, 5.74) is 1.64. The summed E-state index contributed by atoms with van der Waals surface area (Å²) in [4.78, 5) is 0. The second-order valence-corrected chi connectivity index (χ2v) is 5.11. The lowest BCUT2D eigenvalue weighted by Crippen LogP contribution is -2.03. The Morgan fingerprint density at radius 1 is 1.11 bits per heavy atom. The number of hydrogen-bond acceptors (Lipinski definition) is 2. The molecule has 1 unspecified atom stereocenters. The van der Waals surface area contributed by atoms with Crippen molar-refractivity contribution in [2.24, 2.45) is 0 Å². The largest absolute Gasteiger partial charge is 0.496 e. The van der Waals surface area contributed by atoms with Crippen molar-refractivity contribution in [2.75, 3.05) is 7.11 Å². The molecule has 0 fully saturated rings. The maximum Gasteiger partial charge on any atom is 0.122 e. The number of hydrogen-bond donors (Lipinski definition) is 1. The number of para-hydroxylation sites is 1. The molecule has 2 aromatic carbocycles. The molecule has 0 radical (unpaired) electrons. The smallest absolute Gasteiger partial charge is 0.122 e. The van der Waals surface area contributed by atoms with E-state index in [1.807, 2.05) is 24.3 Å². The first kappa shape index (κ1) is 14.2. The predicted octanol–water partition coefficient (Wildman–Crippen LogP) is 4.28. The molecule has 0 heterocycles. The molecule has 0 aliphatic rings. The van der Waals surface area contributed by atoms with Crippen LogP contribution in [-0.4, -0.2) is 12.2 Å². The van der Waals surface area contributed by atoms with E-state index in [2.05, 4.69) is 0 Å². The summed E-state index contributed by atoms with van der Waals surface area (Å²) in [7, 11) is 1.61. The number of aliphatic hydroxyl groups is 1. The molecule has 100 valence electrons. The van der Waals surface area contributed by atoms with Gasteiger partial charge in [-0.3, -0.25) is 0 Å². The van der Waals surface area contributed by atoms with Crippen molar-refractivity contribution in [3.63, 3.8) is 0 Å². The Morgan fingerprint density at radius 2 is 1.74 bits per heavy atom. The van der Waals surface area contributed by atoms with Crippen LogP contribution in [-0.2, 0) is 6.42 Å². The predicted molar refractivity (Wildman–Crippen MR) is 78.1 cm³/mol. The Morgan fingerprint density at radius 3 is 2.37 bits per heavy atom. The lowest BCUT2D eigenvalue weighted by molar-refractivity contribution is 0.177. The minimum Gasteiger partial charge on any atom is -0.496 e. The Bertz CT molecular complexity index is 550. The lowest BCUT2D eigenvalue weighted by Gasteiger charge is -2.14. The summed E-state index contributed by atoms with van der Waals surface area (Å²) < 4.78 is 5.27. The summed E-state index contributed by atoms with van der Waals surface area (Å²) in [5, 5.41) is 11.3. The molecule has 19 heavy (non-hydrogen) atoms. The van der Waals surface area contributed by atoms with Gasteiger partial charge in [0.2, 0.25) is 0 Å². The fourth-order valence-electron chi connectivity index (χ4n) is 1.97. The minimum atomic E-state index is -0.674. The number of ether oxygens (including phenoxy) is 1. The van der Waals surface area contributed by atoms with E-state index in [4.69, 9.17) is 27.9 Å². The van der Waals surface area contributed by atoms with Crippen molar-refractivity contribution in [1.29, 1.82) is 0 Å². The molecule has 0 spiro atoms. The second kappa shape index (κ2) is 6.29. The fraction of sp³-hybridized carbons (Fsp3) is 0.200. The van der Waals surface area contributed by atoms with Crippen LogP contribution in [0.25, 0.3) is 0 Å². The van der Waals surface area contributed by atoms with Crippen molar-refractivity contribution in [3.05, 3.63) is 63.6 Å². The number of rotatable bonds is 4. The molecule has 4 heteroatoms. The van der Waals surface area contributed by atoms with Crippen LogP contribution in [0.2, 0.25) is 10.0 Å². The number of benzene rings is 2. The van der Waals surface area contributed by atoms with Gasteiger partial charge in [0.25, 0.3) is 0 Å². The molecule has 2 rings (SSSR count). The van der Waals surface area contributed by atoms with Gasteiger partial charge in [-0.15, -0.1) is 0 Å². The third kappa shape index (κ3) is 3.63. The van der Waals surface area contributed by atoms with Gasteiger partial charge in [-0.2, -0.15) is 0 Å². The highest BCUT2D eigenvalue weighted by atomic mass is 35.5. The van der Waals surface area contributed by atoms with Crippen molar-refractivity contribution in [3.8, 4) is 5.75 Å². The summed E-state index contributed by atoms with van der Waals surface area (Å²) in [6, 6.07) is 12.7. The zero-order valence-corrected chi connectivity index (χ0v) is 11.9. The Hall–Kier alpha value is -1.22. The summed E-state index contributed by atoms with van der Waals surface area (Å²) in [6.45, 7) is 0. The summed E-state index contributed by atoms with van der Waals surface area (Å²) in [5.74, 6) is 0.759. The normalized spacial score (nSPS) is 12.2. The number of halogens is 2. The van der Waals surface area contributed by atoms with Crippen LogP contribution < -0.4 is 4.74 Å². The first-order chi connectivity index (χ1) is 9.10. The molecule has 0 amide bonds. The lowest BCUT2D eigenvalue weighted by atomic mass is 10.0. The third-order valence-corrected chi connectivity index (χ3v) is 3.31. The monoisotopic (exact) mass is 296 g/mol. The van der Waals surface area contributed by atoms with Gasteiger partial charge in [0.15, 0.2) is 0 Å². The van der Waals surface area contributed by atoms with Gasteiger partial charge in [-0.1, -0.05) is 41.4 Å². The van der Waals surface area contributed by atoms with Crippen LogP contribution in [0.4, 0.5) is 0 Å². The van der Waals surface area contributed by atoms with Gasteiger partial charge in [0, 0.05) is 16.5 Å². The molecule has 2 nitrogen and oxygen atoms in total. The molecule has 1 atom stereocenters. The van der Waals surface area contributed by atoms with E-state index in [1.54, 1.807) is 25.3 Å². The molecule has 0 saturated heterocycles. The van der Waals surface area contributed by atoms with E-state index in [0.717, 1.165) is 11.3 Å². The zero-order chi connectivity index (χ0) is 13.8. The highest BCUT2D eigenvalue weighted by Gasteiger charge is 2.13. The molecule has 0 aromatic heterocycles. The quantitative estimate of drug-likeness (QED) is 0.912. The molecule has 0 bridgehead atoms. The fourth-order valence-corrected chi connectivity index (χ4v) is 2.51. The van der Waals surface area contributed by atoms with Gasteiger partial charge in [0.05, 0.1) is 13.2 Å². The van der Waals surface area contributed by atoms with Gasteiger partial charge >= 0.3 is 0 Å². The van der Waals surface area contributed by atoms with Gasteiger partial charge in [-0.25, -0.2) is 0 Å². The van der Waals surface area contributed by atoms with Crippen molar-refractivity contribution >= 4 is 23.2 Å². The van der Waals surface area contributed by atoms with E-state index in [-0.39, 0.29) is 0 Å². The molecule has 1 N–H and O–H groups in total. The topological polar surface area (TPSA) is 29.5 Å². The zero-order valence-electron chi connectivity index (χ0n) is 10.4. The van der Waals surface area contributed by atoms with Crippen molar-refractivity contribution < 1.29 is 9.84 Å². The first-order valence-electron chi connectivity index (χ1n) is 5.86. The molecule has 0 saturated carbocycles.